The molecule has 2 rings (SSSR count). The molecular formula is C16H14N2O2S2. The van der Waals surface area contributed by atoms with E-state index in [1.54, 1.807) is 16.9 Å². The van der Waals surface area contributed by atoms with Crippen LogP contribution in [-0.2, 0) is 9.59 Å². The molecule has 0 N–H and O–H groups in total. The largest absolute Gasteiger partial charge is 0.237 e. The molecule has 0 fully saturated rings. The number of allylic oxidation sites excluding steroid dienone is 1. The second kappa shape index (κ2) is 6.95. The van der Waals surface area contributed by atoms with Gasteiger partial charge in [0.1, 0.15) is 0 Å². The molecule has 0 radical (unpaired) electrons. The molecule has 0 spiro atoms. The predicted octanol–water partition coefficient (Wildman–Crippen LogP) is 4.27. The minimum absolute atomic E-state index is 0.608. The highest BCUT2D eigenvalue weighted by Crippen LogP contribution is 2.47. The Bertz CT molecular complexity index is 680. The summed E-state index contributed by atoms with van der Waals surface area (Å²) < 4.78 is 0. The van der Waals surface area contributed by atoms with Gasteiger partial charge in [0.2, 0.25) is 17.8 Å². The molecule has 0 saturated heterocycles. The first kappa shape index (κ1) is 16.5. The molecule has 0 bridgehead atoms. The first-order valence-electron chi connectivity index (χ1n) is 6.53. The van der Waals surface area contributed by atoms with E-state index in [2.05, 4.69) is 9.98 Å². The van der Waals surface area contributed by atoms with E-state index in [4.69, 9.17) is 0 Å². The maximum Gasteiger partial charge on any atom is 0.237 e. The molecule has 0 atom stereocenters. The summed E-state index contributed by atoms with van der Waals surface area (Å²) in [4.78, 5) is 31.1. The van der Waals surface area contributed by atoms with Crippen molar-refractivity contribution in [1.29, 1.82) is 0 Å². The molecule has 6 heteroatoms. The van der Waals surface area contributed by atoms with Crippen LogP contribution in [0.3, 0.4) is 0 Å². The van der Waals surface area contributed by atoms with E-state index in [0.29, 0.717) is 0 Å². The lowest BCUT2D eigenvalue weighted by molar-refractivity contribution is 0.291. The van der Waals surface area contributed by atoms with Crippen LogP contribution in [0.1, 0.15) is 13.8 Å². The highest BCUT2D eigenvalue weighted by molar-refractivity contribution is 8.78. The fourth-order valence-electron chi connectivity index (χ4n) is 1.99. The highest BCUT2D eigenvalue weighted by Gasteiger charge is 2.44. The first-order chi connectivity index (χ1) is 10.5. The summed E-state index contributed by atoms with van der Waals surface area (Å²) in [6.07, 6.45) is 8.59. The van der Waals surface area contributed by atoms with Crippen LogP contribution in [0, 0.1) is 5.41 Å². The van der Waals surface area contributed by atoms with Crippen LogP contribution in [0.25, 0.3) is 0 Å². The van der Waals surface area contributed by atoms with Crippen molar-refractivity contribution in [2.75, 3.05) is 0 Å². The van der Waals surface area contributed by atoms with Gasteiger partial charge in [0.25, 0.3) is 0 Å². The number of benzene rings is 1. The number of aliphatic imine (C=N–C) groups is 2. The molecule has 22 heavy (non-hydrogen) atoms. The minimum Gasteiger partial charge on any atom is -0.211 e. The quantitative estimate of drug-likeness (QED) is 0.459. The zero-order valence-electron chi connectivity index (χ0n) is 12.1. The maximum atomic E-state index is 10.8. The molecule has 1 aromatic rings. The van der Waals surface area contributed by atoms with Gasteiger partial charge in [-0.2, -0.15) is 9.98 Å². The normalized spacial score (nSPS) is 22.2. The van der Waals surface area contributed by atoms with E-state index in [-0.39, 0.29) is 0 Å². The Morgan fingerprint density at radius 2 is 1.64 bits per heavy atom. The fourth-order valence-corrected chi connectivity index (χ4v) is 4.01. The van der Waals surface area contributed by atoms with Gasteiger partial charge in [-0.1, -0.05) is 65.8 Å². The molecule has 0 aliphatic heterocycles. The Morgan fingerprint density at radius 3 is 2.23 bits per heavy atom. The molecule has 0 amide bonds. The molecule has 0 unspecified atom stereocenters. The average molecular weight is 330 g/mol. The number of nitrogens with zero attached hydrogens (tertiary/aromatic N) is 2. The van der Waals surface area contributed by atoms with Crippen LogP contribution in [0.15, 0.2) is 68.3 Å². The number of isocyanates is 2. The van der Waals surface area contributed by atoms with Gasteiger partial charge in [0.15, 0.2) is 0 Å². The molecule has 4 nitrogen and oxygen atoms in total. The lowest BCUT2D eigenvalue weighted by Gasteiger charge is -2.36. The van der Waals surface area contributed by atoms with E-state index < -0.39 is 11.1 Å². The number of hydrogen-bond acceptors (Lipinski definition) is 6. The molecule has 112 valence electrons. The van der Waals surface area contributed by atoms with E-state index in [1.807, 2.05) is 56.3 Å². The molecule has 1 aliphatic rings. The number of rotatable bonds is 5. The van der Waals surface area contributed by atoms with Crippen LogP contribution in [0.4, 0.5) is 0 Å². The Labute approximate surface area is 136 Å². The van der Waals surface area contributed by atoms with Gasteiger partial charge in [0.05, 0.1) is 0 Å². The summed E-state index contributed by atoms with van der Waals surface area (Å²) in [5, 5.41) is 0. The van der Waals surface area contributed by atoms with Crippen molar-refractivity contribution < 1.29 is 9.59 Å². The van der Waals surface area contributed by atoms with Gasteiger partial charge in [-0.05, 0) is 18.2 Å². The minimum atomic E-state index is -1.29. The Hall–Kier alpha value is -1.84. The number of hydrogen-bond donors (Lipinski definition) is 0. The van der Waals surface area contributed by atoms with Crippen molar-refractivity contribution >= 4 is 33.7 Å². The summed E-state index contributed by atoms with van der Waals surface area (Å²) >= 11 is 0. The molecule has 0 saturated carbocycles. The summed E-state index contributed by atoms with van der Waals surface area (Å²) in [7, 11) is 3.10. The van der Waals surface area contributed by atoms with Crippen molar-refractivity contribution in [3.63, 3.8) is 0 Å². The maximum absolute atomic E-state index is 10.8. The smallest absolute Gasteiger partial charge is 0.211 e. The van der Waals surface area contributed by atoms with Crippen LogP contribution in [0.5, 0.6) is 0 Å². The van der Waals surface area contributed by atoms with Crippen molar-refractivity contribution in [3.05, 3.63) is 53.5 Å². The van der Waals surface area contributed by atoms with Crippen molar-refractivity contribution in [3.8, 4) is 0 Å². The Kier molecular flexibility index (Phi) is 5.22. The highest BCUT2D eigenvalue weighted by atomic mass is 33.1. The SMILES string of the molecule is CC1(C)C=CC(SSc2ccccc2)=CC1(N=C=O)N=C=O. The van der Waals surface area contributed by atoms with Gasteiger partial charge in [-0.3, -0.25) is 0 Å². The molecule has 1 aliphatic carbocycles. The Morgan fingerprint density at radius 1 is 1.00 bits per heavy atom. The van der Waals surface area contributed by atoms with Crippen LogP contribution in [0.2, 0.25) is 0 Å². The van der Waals surface area contributed by atoms with Crippen molar-refractivity contribution in [1.82, 2.24) is 0 Å². The second-order valence-electron chi connectivity index (χ2n) is 5.21. The number of carbonyl (C=O) groups excluding carboxylic acids is 2. The lowest BCUT2D eigenvalue weighted by atomic mass is 9.76. The second-order valence-corrected chi connectivity index (χ2v) is 7.49. The van der Waals surface area contributed by atoms with Gasteiger partial charge >= 0.3 is 0 Å². The third-order valence-electron chi connectivity index (χ3n) is 3.37. The van der Waals surface area contributed by atoms with Crippen molar-refractivity contribution in [2.45, 2.75) is 24.4 Å². The predicted molar refractivity (Wildman–Crippen MR) is 89.9 cm³/mol. The third-order valence-corrected chi connectivity index (χ3v) is 5.76. The topological polar surface area (TPSA) is 58.9 Å². The third kappa shape index (κ3) is 3.49. The van der Waals surface area contributed by atoms with E-state index in [0.717, 1.165) is 9.80 Å². The summed E-state index contributed by atoms with van der Waals surface area (Å²) in [5.41, 5.74) is -1.89. The summed E-state index contributed by atoms with van der Waals surface area (Å²) in [6.45, 7) is 3.71. The average Bonchev–Trinajstić information content (AvgIpc) is 2.50. The lowest BCUT2D eigenvalue weighted by Crippen LogP contribution is -2.39. The van der Waals surface area contributed by atoms with Crippen LogP contribution < -0.4 is 0 Å². The van der Waals surface area contributed by atoms with Crippen LogP contribution >= 0.6 is 21.6 Å². The zero-order chi connectivity index (χ0) is 16.1. The molecule has 0 aromatic heterocycles. The van der Waals surface area contributed by atoms with Gasteiger partial charge in [0, 0.05) is 15.2 Å². The van der Waals surface area contributed by atoms with Crippen LogP contribution in [-0.4, -0.2) is 17.8 Å². The summed E-state index contributed by atoms with van der Waals surface area (Å²) in [5.74, 6) is 0. The van der Waals surface area contributed by atoms with Crippen molar-refractivity contribution in [2.24, 2.45) is 15.4 Å². The van der Waals surface area contributed by atoms with Gasteiger partial charge in [-0.25, -0.2) is 9.59 Å². The standard InChI is InChI=1S/C16H14N2O2S2/c1-15(2)9-8-14(10-16(15,17-11-19)18-12-20)22-21-13-6-4-3-5-7-13/h3-10H,1-2H3. The fraction of sp³-hybridized carbons (Fsp3) is 0.250. The monoisotopic (exact) mass is 330 g/mol. The molecule has 0 heterocycles. The molecule has 1 aromatic carbocycles. The summed E-state index contributed by atoms with van der Waals surface area (Å²) in [6, 6.07) is 9.91. The first-order valence-corrected chi connectivity index (χ1v) is 8.68. The van der Waals surface area contributed by atoms with E-state index in [1.165, 1.54) is 23.0 Å². The van der Waals surface area contributed by atoms with E-state index >= 15 is 0 Å². The van der Waals surface area contributed by atoms with E-state index in [9.17, 15) is 9.59 Å². The molecular weight excluding hydrogens is 316 g/mol. The van der Waals surface area contributed by atoms with Gasteiger partial charge in [-0.15, -0.1) is 0 Å². The Balaban J connectivity index is 2.29. The zero-order valence-corrected chi connectivity index (χ0v) is 13.8. The van der Waals surface area contributed by atoms with Gasteiger partial charge < -0.3 is 0 Å².